The van der Waals surface area contributed by atoms with Crippen molar-refractivity contribution in [3.05, 3.63) is 35.6 Å². The molecular weight excluding hydrogens is 426 g/mol. The molecule has 172 valence electrons. The lowest BCUT2D eigenvalue weighted by Crippen LogP contribution is -2.39. The molecule has 1 N–H and O–H groups in total. The van der Waals surface area contributed by atoms with Crippen LogP contribution in [0.2, 0.25) is 0 Å². The zero-order valence-electron chi connectivity index (χ0n) is 19.0. The summed E-state index contributed by atoms with van der Waals surface area (Å²) in [6.45, 7) is 7.51. The van der Waals surface area contributed by atoms with Crippen molar-refractivity contribution in [1.29, 1.82) is 0 Å². The number of likely N-dealkylation sites (N-methyl/N-ethyl adjacent to an activating group) is 1. The van der Waals surface area contributed by atoms with Gasteiger partial charge in [0.15, 0.2) is 10.9 Å². The lowest BCUT2D eigenvalue weighted by molar-refractivity contribution is -0.134. The molecule has 0 radical (unpaired) electrons. The average molecular weight is 458 g/mol. The van der Waals surface area contributed by atoms with Gasteiger partial charge in [-0.1, -0.05) is 19.9 Å². The van der Waals surface area contributed by atoms with Gasteiger partial charge in [0.25, 0.3) is 0 Å². The van der Waals surface area contributed by atoms with Gasteiger partial charge in [-0.3, -0.25) is 9.59 Å². The molecule has 32 heavy (non-hydrogen) atoms. The van der Waals surface area contributed by atoms with Crippen molar-refractivity contribution in [2.45, 2.75) is 64.3 Å². The third kappa shape index (κ3) is 6.12. The second-order valence-electron chi connectivity index (χ2n) is 7.93. The maximum Gasteiger partial charge on any atom is 0.246 e. The number of Topliss-reactive ketones (excluding diaryl/α,β-unsaturated/α-hetero) is 1. The molecule has 0 spiro atoms. The molecule has 1 saturated carbocycles. The smallest absolute Gasteiger partial charge is 0.246 e. The van der Waals surface area contributed by atoms with E-state index in [2.05, 4.69) is 26.8 Å². The Kier molecular flexibility index (Phi) is 8.33. The first-order chi connectivity index (χ1) is 15.4. The fourth-order valence-corrected chi connectivity index (χ4v) is 4.28. The molecule has 3 rings (SSSR count). The monoisotopic (exact) mass is 457 g/mol. The third-order valence-corrected chi connectivity index (χ3v) is 6.79. The molecule has 1 aliphatic rings. The zero-order chi connectivity index (χ0) is 23.1. The SMILES string of the molecule is C=CC(=O)N(C)[C@@H](C)C(=O)CCCOc1cc(Nc2ncc(C3CCC3)s2)nc(CC)n1. The van der Waals surface area contributed by atoms with E-state index in [1.54, 1.807) is 31.4 Å². The van der Waals surface area contributed by atoms with Crippen LogP contribution in [-0.4, -0.2) is 51.2 Å². The van der Waals surface area contributed by atoms with E-state index in [9.17, 15) is 9.59 Å². The molecular formula is C23H31N5O3S. The maximum absolute atomic E-state index is 12.3. The highest BCUT2D eigenvalue weighted by molar-refractivity contribution is 7.15. The van der Waals surface area contributed by atoms with Crippen molar-refractivity contribution in [3.63, 3.8) is 0 Å². The van der Waals surface area contributed by atoms with Crippen LogP contribution in [0.15, 0.2) is 24.9 Å². The highest BCUT2D eigenvalue weighted by Gasteiger charge is 2.22. The first-order valence-corrected chi connectivity index (χ1v) is 11.9. The number of hydrogen-bond acceptors (Lipinski definition) is 8. The minimum absolute atomic E-state index is 0.0170. The van der Waals surface area contributed by atoms with E-state index in [0.29, 0.717) is 49.3 Å². The van der Waals surface area contributed by atoms with E-state index in [-0.39, 0.29) is 11.7 Å². The Hall–Kier alpha value is -2.81. The van der Waals surface area contributed by atoms with Crippen LogP contribution in [0.5, 0.6) is 5.88 Å². The topological polar surface area (TPSA) is 97.3 Å². The molecule has 0 unspecified atom stereocenters. The number of hydrogen-bond donors (Lipinski definition) is 1. The van der Waals surface area contributed by atoms with Crippen LogP contribution >= 0.6 is 11.3 Å². The summed E-state index contributed by atoms with van der Waals surface area (Å²) in [6, 6.07) is 1.26. The highest BCUT2D eigenvalue weighted by atomic mass is 32.1. The first-order valence-electron chi connectivity index (χ1n) is 11.1. The Morgan fingerprint density at radius 2 is 2.19 bits per heavy atom. The normalized spacial score (nSPS) is 14.3. The van der Waals surface area contributed by atoms with Crippen LogP contribution in [0.1, 0.15) is 62.6 Å². The van der Waals surface area contributed by atoms with Crippen LogP contribution < -0.4 is 10.1 Å². The number of ether oxygens (including phenoxy) is 1. The number of carbonyl (C=O) groups is 2. The molecule has 1 aliphatic carbocycles. The van der Waals surface area contributed by atoms with Crippen LogP contribution in [0.4, 0.5) is 10.9 Å². The summed E-state index contributed by atoms with van der Waals surface area (Å²) in [5.41, 5.74) is 0. The van der Waals surface area contributed by atoms with Crippen molar-refractivity contribution >= 4 is 34.0 Å². The van der Waals surface area contributed by atoms with E-state index in [1.807, 2.05) is 13.1 Å². The number of rotatable bonds is 12. The van der Waals surface area contributed by atoms with E-state index in [4.69, 9.17) is 4.74 Å². The number of aryl methyl sites for hydroxylation is 1. The molecule has 0 bridgehead atoms. The number of ketones is 1. The molecule has 9 heteroatoms. The van der Waals surface area contributed by atoms with Gasteiger partial charge in [-0.05, 0) is 38.2 Å². The molecule has 8 nitrogen and oxygen atoms in total. The summed E-state index contributed by atoms with van der Waals surface area (Å²) in [5.74, 6) is 2.16. The summed E-state index contributed by atoms with van der Waals surface area (Å²) in [4.78, 5) is 40.1. The van der Waals surface area contributed by atoms with Gasteiger partial charge in [-0.25, -0.2) is 9.97 Å². The van der Waals surface area contributed by atoms with Gasteiger partial charge in [0.05, 0.1) is 12.6 Å². The molecule has 2 aromatic heterocycles. The standard InChI is InChI=1S/C23H31N5O3S/c1-5-19-25-20(27-23-24-14-18(32-23)16-9-7-10-16)13-21(26-19)31-12-8-11-17(29)15(3)28(4)22(30)6-2/h6,13-16H,2,5,7-12H2,1,3-4H3,(H,24,25,26,27)/t15-/m0/s1. The highest BCUT2D eigenvalue weighted by Crippen LogP contribution is 2.40. The molecule has 2 heterocycles. The second kappa shape index (κ2) is 11.2. The second-order valence-corrected chi connectivity index (χ2v) is 8.99. The van der Waals surface area contributed by atoms with Crippen molar-refractivity contribution in [2.75, 3.05) is 19.0 Å². The van der Waals surface area contributed by atoms with Gasteiger partial charge in [0.1, 0.15) is 11.6 Å². The molecule has 0 saturated heterocycles. The average Bonchev–Trinajstić information content (AvgIpc) is 3.20. The minimum atomic E-state index is -0.495. The fraction of sp³-hybridized carbons (Fsp3) is 0.522. The Labute approximate surface area is 193 Å². The summed E-state index contributed by atoms with van der Waals surface area (Å²) in [7, 11) is 1.60. The van der Waals surface area contributed by atoms with Crippen molar-refractivity contribution < 1.29 is 14.3 Å². The maximum atomic E-state index is 12.3. The number of aromatic nitrogens is 3. The van der Waals surface area contributed by atoms with Gasteiger partial charge in [-0.2, -0.15) is 4.98 Å². The van der Waals surface area contributed by atoms with E-state index in [0.717, 1.165) is 5.13 Å². The van der Waals surface area contributed by atoms with Gasteiger partial charge in [0.2, 0.25) is 11.8 Å². The zero-order valence-corrected chi connectivity index (χ0v) is 19.8. The summed E-state index contributed by atoms with van der Waals surface area (Å²) < 4.78 is 5.80. The minimum Gasteiger partial charge on any atom is -0.478 e. The predicted molar refractivity (Wildman–Crippen MR) is 126 cm³/mol. The van der Waals surface area contributed by atoms with Crippen LogP contribution in [0.25, 0.3) is 0 Å². The molecule has 0 aliphatic heterocycles. The van der Waals surface area contributed by atoms with Crippen LogP contribution in [0.3, 0.4) is 0 Å². The number of nitrogens with zero attached hydrogens (tertiary/aromatic N) is 4. The lowest BCUT2D eigenvalue weighted by atomic mass is 9.85. The quantitative estimate of drug-likeness (QED) is 0.375. The first kappa shape index (κ1) is 23.8. The van der Waals surface area contributed by atoms with Crippen LogP contribution in [-0.2, 0) is 16.0 Å². The number of amides is 1. The lowest BCUT2D eigenvalue weighted by Gasteiger charge is -2.23. The molecule has 0 aromatic carbocycles. The molecule has 2 aromatic rings. The van der Waals surface area contributed by atoms with Gasteiger partial charge in [0, 0.05) is 37.0 Å². The van der Waals surface area contributed by atoms with Gasteiger partial charge < -0.3 is 15.0 Å². The summed E-state index contributed by atoms with van der Waals surface area (Å²) in [6.07, 6.45) is 8.47. The largest absolute Gasteiger partial charge is 0.478 e. The van der Waals surface area contributed by atoms with E-state index in [1.165, 1.54) is 35.1 Å². The number of thiazole rings is 1. The Morgan fingerprint density at radius 1 is 1.41 bits per heavy atom. The van der Waals surface area contributed by atoms with Gasteiger partial charge >= 0.3 is 0 Å². The van der Waals surface area contributed by atoms with Gasteiger partial charge in [-0.15, -0.1) is 11.3 Å². The Bertz CT molecular complexity index is 957. The summed E-state index contributed by atoms with van der Waals surface area (Å²) in [5, 5.41) is 4.09. The molecule has 1 fully saturated rings. The van der Waals surface area contributed by atoms with Crippen molar-refractivity contribution in [3.8, 4) is 5.88 Å². The number of anilines is 2. The Balaban J connectivity index is 1.52. The predicted octanol–water partition coefficient (Wildman–Crippen LogP) is 4.27. The number of carbonyl (C=O) groups excluding carboxylic acids is 2. The van der Waals surface area contributed by atoms with Crippen molar-refractivity contribution in [2.24, 2.45) is 0 Å². The van der Waals surface area contributed by atoms with Crippen LogP contribution in [0, 0.1) is 0 Å². The molecule has 1 amide bonds. The fourth-order valence-electron chi connectivity index (χ4n) is 3.29. The van der Waals surface area contributed by atoms with E-state index < -0.39 is 6.04 Å². The molecule has 1 atom stereocenters. The number of nitrogens with one attached hydrogen (secondary N) is 1. The van der Waals surface area contributed by atoms with Crippen molar-refractivity contribution in [1.82, 2.24) is 19.9 Å². The van der Waals surface area contributed by atoms with E-state index >= 15 is 0 Å². The summed E-state index contributed by atoms with van der Waals surface area (Å²) >= 11 is 1.67. The Morgan fingerprint density at radius 3 is 2.84 bits per heavy atom. The third-order valence-electron chi connectivity index (χ3n) is 5.72.